The fraction of sp³-hybridized carbons (Fsp3) is 0.462. The topological polar surface area (TPSA) is 67.9 Å². The molecule has 180 valence electrons. The van der Waals surface area contributed by atoms with Crippen molar-refractivity contribution < 1.29 is 19.1 Å². The SMILES string of the molecule is CC[C@H](C(=O)NCC(C)C)N(Cc1cccc(OC)c1)C(=O)COc1cc(C)c(Cl)c(C)c1. The van der Waals surface area contributed by atoms with Gasteiger partial charge in [0.1, 0.15) is 17.5 Å². The lowest BCUT2D eigenvalue weighted by molar-refractivity contribution is -0.143. The smallest absolute Gasteiger partial charge is 0.261 e. The Morgan fingerprint density at radius 1 is 1.09 bits per heavy atom. The van der Waals surface area contributed by atoms with Crippen molar-refractivity contribution in [2.45, 2.75) is 53.6 Å². The number of nitrogens with one attached hydrogen (secondary N) is 1. The Hall–Kier alpha value is -2.73. The van der Waals surface area contributed by atoms with Gasteiger partial charge < -0.3 is 19.7 Å². The minimum atomic E-state index is -0.611. The van der Waals surface area contributed by atoms with Crippen molar-refractivity contribution in [3.05, 3.63) is 58.1 Å². The lowest BCUT2D eigenvalue weighted by Gasteiger charge is -2.31. The number of carbonyl (C=O) groups is 2. The normalized spacial score (nSPS) is 11.8. The summed E-state index contributed by atoms with van der Waals surface area (Å²) in [5.41, 5.74) is 2.63. The van der Waals surface area contributed by atoms with Gasteiger partial charge in [-0.3, -0.25) is 9.59 Å². The molecule has 0 spiro atoms. The Labute approximate surface area is 202 Å². The van der Waals surface area contributed by atoms with E-state index in [1.165, 1.54) is 0 Å². The highest BCUT2D eigenvalue weighted by Gasteiger charge is 2.29. The monoisotopic (exact) mass is 474 g/mol. The average Bonchev–Trinajstić information content (AvgIpc) is 2.79. The van der Waals surface area contributed by atoms with Crippen molar-refractivity contribution in [1.82, 2.24) is 10.2 Å². The molecule has 0 fully saturated rings. The van der Waals surface area contributed by atoms with E-state index in [2.05, 4.69) is 5.32 Å². The first-order chi connectivity index (χ1) is 15.7. The number of rotatable bonds is 11. The maximum absolute atomic E-state index is 13.3. The van der Waals surface area contributed by atoms with Crippen molar-refractivity contribution in [2.75, 3.05) is 20.3 Å². The Bertz CT molecular complexity index is 938. The minimum Gasteiger partial charge on any atom is -0.497 e. The molecule has 0 aliphatic heterocycles. The predicted molar refractivity (Wildman–Crippen MR) is 132 cm³/mol. The van der Waals surface area contributed by atoms with Crippen LogP contribution in [0.25, 0.3) is 0 Å². The fourth-order valence-corrected chi connectivity index (χ4v) is 3.64. The van der Waals surface area contributed by atoms with E-state index in [4.69, 9.17) is 21.1 Å². The summed E-state index contributed by atoms with van der Waals surface area (Å²) < 4.78 is 11.1. The van der Waals surface area contributed by atoms with Crippen molar-refractivity contribution in [1.29, 1.82) is 0 Å². The first-order valence-electron chi connectivity index (χ1n) is 11.3. The summed E-state index contributed by atoms with van der Waals surface area (Å²) in [7, 11) is 1.60. The maximum atomic E-state index is 13.3. The molecular weight excluding hydrogens is 440 g/mol. The highest BCUT2D eigenvalue weighted by atomic mass is 35.5. The molecule has 1 atom stereocenters. The van der Waals surface area contributed by atoms with Crippen LogP contribution >= 0.6 is 11.6 Å². The average molecular weight is 475 g/mol. The first kappa shape index (κ1) is 26.5. The molecule has 0 bridgehead atoms. The third-order valence-electron chi connectivity index (χ3n) is 5.33. The molecule has 0 aromatic heterocycles. The largest absolute Gasteiger partial charge is 0.497 e. The zero-order valence-corrected chi connectivity index (χ0v) is 21.2. The van der Waals surface area contributed by atoms with Gasteiger partial charge in [-0.25, -0.2) is 0 Å². The summed E-state index contributed by atoms with van der Waals surface area (Å²) in [5, 5.41) is 3.64. The second-order valence-electron chi connectivity index (χ2n) is 8.60. The fourth-order valence-electron chi connectivity index (χ4n) is 3.53. The molecule has 0 aliphatic rings. The Kier molecular flexibility index (Phi) is 10.0. The van der Waals surface area contributed by atoms with Gasteiger partial charge >= 0.3 is 0 Å². The number of halogens is 1. The van der Waals surface area contributed by atoms with Crippen molar-refractivity contribution in [2.24, 2.45) is 5.92 Å². The molecule has 0 aliphatic carbocycles. The summed E-state index contributed by atoms with van der Waals surface area (Å²) in [6.45, 7) is 10.4. The van der Waals surface area contributed by atoms with Gasteiger partial charge in [0, 0.05) is 18.1 Å². The van der Waals surface area contributed by atoms with Crippen molar-refractivity contribution in [3.63, 3.8) is 0 Å². The quantitative estimate of drug-likeness (QED) is 0.501. The molecule has 2 amide bonds. The van der Waals surface area contributed by atoms with Crippen LogP contribution < -0.4 is 14.8 Å². The number of amides is 2. The van der Waals surface area contributed by atoms with Crippen LogP contribution in [0.4, 0.5) is 0 Å². The Morgan fingerprint density at radius 2 is 1.76 bits per heavy atom. The van der Waals surface area contributed by atoms with Crippen molar-refractivity contribution in [3.8, 4) is 11.5 Å². The van der Waals surface area contributed by atoms with Crippen LogP contribution in [-0.2, 0) is 16.1 Å². The molecular formula is C26H35ClN2O4. The van der Waals surface area contributed by atoms with Gasteiger partial charge in [0.2, 0.25) is 5.91 Å². The lowest BCUT2D eigenvalue weighted by atomic mass is 10.1. The number of nitrogens with zero attached hydrogens (tertiary/aromatic N) is 1. The van der Waals surface area contributed by atoms with Crippen LogP contribution in [0.2, 0.25) is 5.02 Å². The van der Waals surface area contributed by atoms with Gasteiger partial charge in [-0.2, -0.15) is 0 Å². The molecule has 0 saturated heterocycles. The zero-order chi connectivity index (χ0) is 24.5. The lowest BCUT2D eigenvalue weighted by Crippen LogP contribution is -2.50. The van der Waals surface area contributed by atoms with E-state index in [9.17, 15) is 9.59 Å². The standard InChI is InChI=1S/C26H35ClN2O4/c1-7-23(26(31)28-14-17(2)3)29(15-20-9-8-10-21(13-20)32-6)24(30)16-33-22-11-18(4)25(27)19(5)12-22/h8-13,17,23H,7,14-16H2,1-6H3,(H,28,31)/t23-/m1/s1. The number of carbonyl (C=O) groups excluding carboxylic acids is 2. The molecule has 0 saturated carbocycles. The van der Waals surface area contributed by atoms with E-state index in [-0.39, 0.29) is 25.0 Å². The summed E-state index contributed by atoms with van der Waals surface area (Å²) in [6.07, 6.45) is 0.485. The second kappa shape index (κ2) is 12.5. The molecule has 7 heteroatoms. The van der Waals surface area contributed by atoms with E-state index in [0.717, 1.165) is 16.7 Å². The number of hydrogen-bond donors (Lipinski definition) is 1. The zero-order valence-electron chi connectivity index (χ0n) is 20.4. The summed E-state index contributed by atoms with van der Waals surface area (Å²) in [6, 6.07) is 10.5. The van der Waals surface area contributed by atoms with Gasteiger partial charge in [0.15, 0.2) is 6.61 Å². The number of aryl methyl sites for hydroxylation is 2. The third kappa shape index (κ3) is 7.67. The van der Waals surface area contributed by atoms with E-state index in [1.807, 2.05) is 71.0 Å². The molecule has 6 nitrogen and oxygen atoms in total. The van der Waals surface area contributed by atoms with Gasteiger partial charge in [-0.05, 0) is 67.1 Å². The summed E-state index contributed by atoms with van der Waals surface area (Å²) >= 11 is 6.24. The Balaban J connectivity index is 2.25. The van der Waals surface area contributed by atoms with Crippen LogP contribution in [-0.4, -0.2) is 43.0 Å². The van der Waals surface area contributed by atoms with Crippen LogP contribution in [0.3, 0.4) is 0 Å². The minimum absolute atomic E-state index is 0.166. The Morgan fingerprint density at radius 3 is 2.33 bits per heavy atom. The molecule has 0 unspecified atom stereocenters. The maximum Gasteiger partial charge on any atom is 0.261 e. The first-order valence-corrected chi connectivity index (χ1v) is 11.6. The summed E-state index contributed by atoms with van der Waals surface area (Å²) in [4.78, 5) is 27.9. The predicted octanol–water partition coefficient (Wildman–Crippen LogP) is 4.92. The highest BCUT2D eigenvalue weighted by molar-refractivity contribution is 6.32. The van der Waals surface area contributed by atoms with Gasteiger partial charge in [-0.15, -0.1) is 0 Å². The van der Waals surface area contributed by atoms with Crippen LogP contribution in [0, 0.1) is 19.8 Å². The molecule has 33 heavy (non-hydrogen) atoms. The number of hydrogen-bond acceptors (Lipinski definition) is 4. The third-order valence-corrected chi connectivity index (χ3v) is 5.93. The number of benzene rings is 2. The molecule has 0 radical (unpaired) electrons. The molecule has 2 rings (SSSR count). The van der Waals surface area contributed by atoms with E-state index < -0.39 is 6.04 Å². The van der Waals surface area contributed by atoms with Gasteiger partial charge in [-0.1, -0.05) is 44.5 Å². The van der Waals surface area contributed by atoms with E-state index >= 15 is 0 Å². The van der Waals surface area contributed by atoms with E-state index in [1.54, 1.807) is 12.0 Å². The second-order valence-corrected chi connectivity index (χ2v) is 8.97. The number of methoxy groups -OCH3 is 1. The molecule has 0 heterocycles. The van der Waals surface area contributed by atoms with E-state index in [0.29, 0.717) is 35.4 Å². The van der Waals surface area contributed by atoms with Crippen LogP contribution in [0.15, 0.2) is 36.4 Å². The summed E-state index contributed by atoms with van der Waals surface area (Å²) in [5.74, 6) is 1.14. The van der Waals surface area contributed by atoms with Crippen LogP contribution in [0.1, 0.15) is 43.9 Å². The molecule has 2 aromatic carbocycles. The molecule has 2 aromatic rings. The van der Waals surface area contributed by atoms with Gasteiger partial charge in [0.25, 0.3) is 5.91 Å². The van der Waals surface area contributed by atoms with Gasteiger partial charge in [0.05, 0.1) is 7.11 Å². The highest BCUT2D eigenvalue weighted by Crippen LogP contribution is 2.26. The van der Waals surface area contributed by atoms with Crippen molar-refractivity contribution >= 4 is 23.4 Å². The van der Waals surface area contributed by atoms with Crippen LogP contribution in [0.5, 0.6) is 11.5 Å². The molecule has 1 N–H and O–H groups in total. The number of ether oxygens (including phenoxy) is 2.